The van der Waals surface area contributed by atoms with Crippen LogP contribution in [-0.2, 0) is 0 Å². The lowest BCUT2D eigenvalue weighted by Crippen LogP contribution is -2.31. The van der Waals surface area contributed by atoms with Gasteiger partial charge in [-0.25, -0.2) is 0 Å². The fraction of sp³-hybridized carbons (Fsp3) is 0.600. The van der Waals surface area contributed by atoms with Gasteiger partial charge in [-0.1, -0.05) is 64.2 Å². The summed E-state index contributed by atoms with van der Waals surface area (Å²) in [6.07, 6.45) is 5.40. The van der Waals surface area contributed by atoms with Crippen LogP contribution in [0.15, 0.2) is 36.5 Å². The van der Waals surface area contributed by atoms with Crippen LogP contribution in [0.3, 0.4) is 0 Å². The van der Waals surface area contributed by atoms with Crippen LogP contribution < -0.4 is 0 Å². The Bertz CT molecular complexity index is 364. The van der Waals surface area contributed by atoms with Crippen molar-refractivity contribution in [2.75, 3.05) is 0 Å². The Kier molecular flexibility index (Phi) is 3.59. The van der Waals surface area contributed by atoms with E-state index in [0.29, 0.717) is 0 Å². The quantitative estimate of drug-likeness (QED) is 0.518. The number of rotatable bonds is 0. The molecule has 0 radical (unpaired) electrons. The largest absolute Gasteiger partial charge is 0.400 e. The van der Waals surface area contributed by atoms with Crippen LogP contribution in [0.1, 0.15) is 34.6 Å². The molecule has 0 amide bonds. The van der Waals surface area contributed by atoms with Crippen LogP contribution in [0.25, 0.3) is 0 Å². The minimum atomic E-state index is -4.28. The molecule has 1 aliphatic rings. The smallest absolute Gasteiger partial charge is 0.170 e. The molecule has 0 fully saturated rings. The SMILES string of the molecule is CC1(C)/C=C\C(C)(C)/C=C\C(C)(C(F)(F)F)/C=C\1. The normalized spacial score (nSPS) is 30.7. The molecule has 0 unspecified atom stereocenters. The summed E-state index contributed by atoms with van der Waals surface area (Å²) >= 11 is 0. The third-order valence-corrected chi connectivity index (χ3v) is 3.27. The second-order valence-electron chi connectivity index (χ2n) is 6.42. The number of hydrogen-bond donors (Lipinski definition) is 0. The van der Waals surface area contributed by atoms with E-state index in [1.165, 1.54) is 19.1 Å². The Morgan fingerprint density at radius 1 is 0.611 bits per heavy atom. The van der Waals surface area contributed by atoms with Gasteiger partial charge in [-0.15, -0.1) is 0 Å². The van der Waals surface area contributed by atoms with Crippen LogP contribution in [0.2, 0.25) is 0 Å². The van der Waals surface area contributed by atoms with Crippen molar-refractivity contribution in [1.29, 1.82) is 0 Å². The van der Waals surface area contributed by atoms with Crippen molar-refractivity contribution >= 4 is 0 Å². The third-order valence-electron chi connectivity index (χ3n) is 3.27. The van der Waals surface area contributed by atoms with E-state index in [1.54, 1.807) is 12.2 Å². The molecule has 0 aromatic rings. The lowest BCUT2D eigenvalue weighted by molar-refractivity contribution is -0.183. The van der Waals surface area contributed by atoms with E-state index < -0.39 is 11.6 Å². The second-order valence-corrected chi connectivity index (χ2v) is 6.42. The Labute approximate surface area is 107 Å². The van der Waals surface area contributed by atoms with Gasteiger partial charge in [-0.2, -0.15) is 13.2 Å². The highest BCUT2D eigenvalue weighted by atomic mass is 19.4. The molecule has 0 aromatic carbocycles. The number of halogens is 3. The lowest BCUT2D eigenvalue weighted by Gasteiger charge is -2.27. The first-order chi connectivity index (χ1) is 7.87. The summed E-state index contributed by atoms with van der Waals surface area (Å²) in [4.78, 5) is 0. The summed E-state index contributed by atoms with van der Waals surface area (Å²) in [6.45, 7) is 8.81. The zero-order valence-electron chi connectivity index (χ0n) is 11.6. The number of alkyl halides is 3. The van der Waals surface area contributed by atoms with Crippen LogP contribution in [0.5, 0.6) is 0 Å². The Morgan fingerprint density at radius 3 is 1.17 bits per heavy atom. The molecule has 0 atom stereocenters. The summed E-state index contributed by atoms with van der Waals surface area (Å²) in [7, 11) is 0. The average molecular weight is 258 g/mol. The number of allylic oxidation sites excluding steroid dienone is 6. The highest BCUT2D eigenvalue weighted by Gasteiger charge is 2.47. The molecule has 0 heterocycles. The first-order valence-corrected chi connectivity index (χ1v) is 6.05. The van der Waals surface area contributed by atoms with Crippen LogP contribution in [-0.4, -0.2) is 6.18 Å². The molecule has 1 rings (SSSR count). The summed E-state index contributed by atoms with van der Waals surface area (Å²) in [5.41, 5.74) is -2.67. The molecule has 0 spiro atoms. The van der Waals surface area contributed by atoms with Gasteiger partial charge in [0.2, 0.25) is 0 Å². The number of hydrogen-bond acceptors (Lipinski definition) is 0. The second kappa shape index (κ2) is 4.29. The molecule has 0 nitrogen and oxygen atoms in total. The Hall–Kier alpha value is -0.990. The van der Waals surface area contributed by atoms with Gasteiger partial charge >= 0.3 is 6.18 Å². The average Bonchev–Trinajstić information content (AvgIpc) is 2.23. The maximum absolute atomic E-state index is 13.2. The summed E-state index contributed by atoms with van der Waals surface area (Å²) in [6, 6.07) is 0. The molecule has 18 heavy (non-hydrogen) atoms. The summed E-state index contributed by atoms with van der Waals surface area (Å²) in [5, 5.41) is 0. The molecule has 0 saturated carbocycles. The van der Waals surface area contributed by atoms with Crippen molar-refractivity contribution in [3.05, 3.63) is 36.5 Å². The van der Waals surface area contributed by atoms with E-state index >= 15 is 0 Å². The molecule has 0 bridgehead atoms. The first kappa shape index (κ1) is 15.1. The van der Waals surface area contributed by atoms with Crippen molar-refractivity contribution < 1.29 is 13.2 Å². The minimum absolute atomic E-state index is 0.379. The van der Waals surface area contributed by atoms with Gasteiger partial charge < -0.3 is 0 Å². The molecule has 0 aliphatic heterocycles. The van der Waals surface area contributed by atoms with E-state index in [0.717, 1.165) is 0 Å². The van der Waals surface area contributed by atoms with Crippen LogP contribution >= 0.6 is 0 Å². The molecular weight excluding hydrogens is 237 g/mol. The Balaban J connectivity index is 3.33. The van der Waals surface area contributed by atoms with E-state index in [2.05, 4.69) is 0 Å². The van der Waals surface area contributed by atoms with Gasteiger partial charge in [0.1, 0.15) is 0 Å². The van der Waals surface area contributed by atoms with E-state index in [9.17, 15) is 13.2 Å². The maximum atomic E-state index is 13.2. The molecule has 102 valence electrons. The predicted octanol–water partition coefficient (Wildman–Crippen LogP) is 5.29. The van der Waals surface area contributed by atoms with Gasteiger partial charge in [-0.3, -0.25) is 0 Å². The minimum Gasteiger partial charge on any atom is -0.170 e. The Morgan fingerprint density at radius 2 is 0.889 bits per heavy atom. The maximum Gasteiger partial charge on any atom is 0.400 e. The zero-order valence-corrected chi connectivity index (χ0v) is 11.6. The van der Waals surface area contributed by atoms with Gasteiger partial charge in [0.05, 0.1) is 5.41 Å². The summed E-state index contributed by atoms with van der Waals surface area (Å²) < 4.78 is 39.5. The predicted molar refractivity (Wildman–Crippen MR) is 69.1 cm³/mol. The first-order valence-electron chi connectivity index (χ1n) is 6.05. The van der Waals surface area contributed by atoms with E-state index in [1.807, 2.05) is 39.8 Å². The van der Waals surface area contributed by atoms with Crippen LogP contribution in [0.4, 0.5) is 13.2 Å². The molecule has 1 aliphatic carbocycles. The van der Waals surface area contributed by atoms with Crippen molar-refractivity contribution in [3.63, 3.8) is 0 Å². The zero-order chi connectivity index (χ0) is 14.2. The van der Waals surface area contributed by atoms with Gasteiger partial charge in [-0.05, 0) is 6.92 Å². The third kappa shape index (κ3) is 3.50. The molecule has 0 saturated heterocycles. The fourth-order valence-electron chi connectivity index (χ4n) is 1.56. The highest BCUT2D eigenvalue weighted by molar-refractivity contribution is 5.24. The van der Waals surface area contributed by atoms with Crippen molar-refractivity contribution in [2.24, 2.45) is 16.2 Å². The van der Waals surface area contributed by atoms with Crippen molar-refractivity contribution in [3.8, 4) is 0 Å². The van der Waals surface area contributed by atoms with Crippen molar-refractivity contribution in [2.45, 2.75) is 40.8 Å². The highest BCUT2D eigenvalue weighted by Crippen LogP contribution is 2.43. The topological polar surface area (TPSA) is 0 Å². The fourth-order valence-corrected chi connectivity index (χ4v) is 1.56. The van der Waals surface area contributed by atoms with E-state index in [-0.39, 0.29) is 10.8 Å². The summed E-state index contributed by atoms with van der Waals surface area (Å²) in [5.74, 6) is 0. The van der Waals surface area contributed by atoms with Gasteiger partial charge in [0, 0.05) is 10.8 Å². The lowest BCUT2D eigenvalue weighted by atomic mass is 9.84. The van der Waals surface area contributed by atoms with E-state index in [4.69, 9.17) is 0 Å². The monoisotopic (exact) mass is 258 g/mol. The standard InChI is InChI=1S/C15H21F3/c1-12(2)6-7-13(3,4)9-11-14(5,10-8-12)15(16,17)18/h6-11H,1-5H3/b7-6-,10-8-,11-9-. The molecule has 3 heteroatoms. The van der Waals surface area contributed by atoms with Gasteiger partial charge in [0.25, 0.3) is 0 Å². The van der Waals surface area contributed by atoms with Crippen LogP contribution in [0, 0.1) is 16.2 Å². The van der Waals surface area contributed by atoms with Gasteiger partial charge in [0.15, 0.2) is 0 Å². The molecule has 0 N–H and O–H groups in total. The molecular formula is C15H21F3. The molecule has 0 aromatic heterocycles. The van der Waals surface area contributed by atoms with Crippen molar-refractivity contribution in [1.82, 2.24) is 0 Å².